The van der Waals surface area contributed by atoms with E-state index in [0.29, 0.717) is 16.9 Å². The summed E-state index contributed by atoms with van der Waals surface area (Å²) in [6, 6.07) is 14.0. The lowest BCUT2D eigenvalue weighted by Gasteiger charge is -2.17. The van der Waals surface area contributed by atoms with Gasteiger partial charge in [-0.1, -0.05) is 64.2 Å². The first-order chi connectivity index (χ1) is 15.8. The number of anilines is 2. The van der Waals surface area contributed by atoms with E-state index in [1.54, 1.807) is 42.5 Å². The van der Waals surface area contributed by atoms with Crippen molar-refractivity contribution in [3.05, 3.63) is 63.5 Å². The van der Waals surface area contributed by atoms with Crippen molar-refractivity contribution in [1.82, 2.24) is 4.90 Å². The Morgan fingerprint density at radius 1 is 1.06 bits per heavy atom. The number of nitrogens with one attached hydrogen (secondary N) is 1. The quantitative estimate of drug-likeness (QED) is 0.422. The van der Waals surface area contributed by atoms with Crippen LogP contribution in [0, 0.1) is 0 Å². The number of thiocarbonyl (C=S) groups is 1. The molecule has 11 heteroatoms. The first-order valence-corrected chi connectivity index (χ1v) is 11.7. The molecule has 2 aromatic rings. The maximum atomic E-state index is 13.4. The topological polar surface area (TPSA) is 107 Å². The van der Waals surface area contributed by atoms with Crippen LogP contribution in [0.3, 0.4) is 0 Å². The molecule has 1 saturated heterocycles. The van der Waals surface area contributed by atoms with Crippen molar-refractivity contribution in [3.8, 4) is 0 Å². The summed E-state index contributed by atoms with van der Waals surface area (Å²) in [7, 11) is 0. The first kappa shape index (κ1) is 23.1. The average Bonchev–Trinajstić information content (AvgIpc) is 3.19. The van der Waals surface area contributed by atoms with Crippen LogP contribution >= 0.6 is 39.9 Å². The first-order valence-electron chi connectivity index (χ1n) is 9.72. The molecular formula is C22H16BrN3O5S2. The molecule has 2 aliphatic heterocycles. The summed E-state index contributed by atoms with van der Waals surface area (Å²) >= 11 is 9.56. The summed E-state index contributed by atoms with van der Waals surface area (Å²) in [4.78, 5) is 52.6. The van der Waals surface area contributed by atoms with Crippen molar-refractivity contribution in [2.45, 2.75) is 6.42 Å². The lowest BCUT2D eigenvalue weighted by Crippen LogP contribution is -2.35. The number of carboxylic acids is 1. The van der Waals surface area contributed by atoms with Crippen LogP contribution in [0.5, 0.6) is 0 Å². The Morgan fingerprint density at radius 2 is 1.82 bits per heavy atom. The predicted octanol–water partition coefficient (Wildman–Crippen LogP) is 3.48. The molecule has 33 heavy (non-hydrogen) atoms. The molecule has 0 spiro atoms. The maximum Gasteiger partial charge on any atom is 0.305 e. The van der Waals surface area contributed by atoms with E-state index in [4.69, 9.17) is 17.3 Å². The van der Waals surface area contributed by atoms with Gasteiger partial charge in [0.2, 0.25) is 5.91 Å². The number of carboxylic acid groups (broad SMARTS) is 1. The number of fused-ring (bicyclic) bond motifs is 1. The fourth-order valence-corrected chi connectivity index (χ4v) is 5.30. The van der Waals surface area contributed by atoms with Gasteiger partial charge in [0.15, 0.2) is 0 Å². The van der Waals surface area contributed by atoms with Crippen LogP contribution in [-0.2, 0) is 19.2 Å². The van der Waals surface area contributed by atoms with E-state index in [2.05, 4.69) is 21.2 Å². The Morgan fingerprint density at radius 3 is 2.55 bits per heavy atom. The molecule has 3 amide bonds. The van der Waals surface area contributed by atoms with Gasteiger partial charge in [-0.05, 0) is 24.3 Å². The molecular weight excluding hydrogens is 530 g/mol. The van der Waals surface area contributed by atoms with Crippen LogP contribution in [0.15, 0.2) is 57.9 Å². The third-order valence-corrected chi connectivity index (χ3v) is 6.90. The second-order valence-electron chi connectivity index (χ2n) is 7.14. The van der Waals surface area contributed by atoms with Gasteiger partial charge in [0, 0.05) is 22.3 Å². The molecule has 2 heterocycles. The number of benzene rings is 2. The van der Waals surface area contributed by atoms with E-state index in [-0.39, 0.29) is 34.3 Å². The van der Waals surface area contributed by atoms with Crippen molar-refractivity contribution in [2.75, 3.05) is 23.3 Å². The predicted molar refractivity (Wildman–Crippen MR) is 133 cm³/mol. The van der Waals surface area contributed by atoms with E-state index >= 15 is 0 Å². The van der Waals surface area contributed by atoms with Crippen LogP contribution < -0.4 is 10.2 Å². The minimum Gasteiger partial charge on any atom is -0.481 e. The second-order valence-corrected chi connectivity index (χ2v) is 9.70. The molecule has 8 nitrogen and oxygen atoms in total. The monoisotopic (exact) mass is 545 g/mol. The third-order valence-electron chi connectivity index (χ3n) is 4.96. The largest absolute Gasteiger partial charge is 0.481 e. The Kier molecular flexibility index (Phi) is 6.63. The Balaban J connectivity index is 1.62. The number of hydrogen-bond acceptors (Lipinski definition) is 6. The molecule has 168 valence electrons. The summed E-state index contributed by atoms with van der Waals surface area (Å²) in [6.07, 6.45) is -0.262. The highest BCUT2D eigenvalue weighted by Crippen LogP contribution is 2.44. The smallest absolute Gasteiger partial charge is 0.305 e. The number of rotatable bonds is 6. The standard InChI is InChI=1S/C22H16BrN3O5S2/c23-12-4-3-5-13(10-12)24-16(27)11-26-15-7-2-1-6-14(15)18(20(26)30)19-21(31)25(22(32)33-19)9-8-17(28)29/h1-7,10H,8-9,11H2,(H,24,27)(H,28,29). The summed E-state index contributed by atoms with van der Waals surface area (Å²) in [5.41, 5.74) is 1.78. The van der Waals surface area contributed by atoms with Crippen LogP contribution in [0.1, 0.15) is 12.0 Å². The molecule has 0 saturated carbocycles. The van der Waals surface area contributed by atoms with Crippen molar-refractivity contribution >= 4 is 84.9 Å². The number of halogens is 1. The number of hydrogen-bond donors (Lipinski definition) is 2. The molecule has 0 aliphatic carbocycles. The fraction of sp³-hybridized carbons (Fsp3) is 0.136. The Bertz CT molecular complexity index is 1250. The molecule has 0 radical (unpaired) electrons. The van der Waals surface area contributed by atoms with E-state index in [9.17, 15) is 19.2 Å². The summed E-state index contributed by atoms with van der Waals surface area (Å²) < 4.78 is 0.995. The minimum atomic E-state index is -1.05. The number of para-hydroxylation sites is 1. The molecule has 2 aliphatic rings. The van der Waals surface area contributed by atoms with Crippen LogP contribution in [0.4, 0.5) is 11.4 Å². The number of amides is 3. The van der Waals surface area contributed by atoms with Gasteiger partial charge in [-0.15, -0.1) is 0 Å². The number of nitrogens with zero attached hydrogens (tertiary/aromatic N) is 2. The number of thioether (sulfide) groups is 1. The van der Waals surface area contributed by atoms with E-state index in [1.807, 2.05) is 6.07 Å². The zero-order valence-electron chi connectivity index (χ0n) is 16.9. The average molecular weight is 546 g/mol. The van der Waals surface area contributed by atoms with Crippen LogP contribution in [0.2, 0.25) is 0 Å². The third kappa shape index (κ3) is 4.70. The van der Waals surface area contributed by atoms with E-state index < -0.39 is 23.7 Å². The second kappa shape index (κ2) is 9.46. The van der Waals surface area contributed by atoms with Gasteiger partial charge in [-0.2, -0.15) is 0 Å². The number of aliphatic carboxylic acids is 1. The lowest BCUT2D eigenvalue weighted by molar-refractivity contribution is -0.137. The fourth-order valence-electron chi connectivity index (χ4n) is 3.52. The normalized spacial score (nSPS) is 17.5. The highest BCUT2D eigenvalue weighted by atomic mass is 79.9. The number of carbonyl (C=O) groups is 4. The van der Waals surface area contributed by atoms with Crippen molar-refractivity contribution < 1.29 is 24.3 Å². The van der Waals surface area contributed by atoms with Gasteiger partial charge in [0.05, 0.1) is 22.6 Å². The maximum absolute atomic E-state index is 13.4. The van der Waals surface area contributed by atoms with Crippen molar-refractivity contribution in [1.29, 1.82) is 0 Å². The molecule has 2 N–H and O–H groups in total. The molecule has 0 unspecified atom stereocenters. The highest BCUT2D eigenvalue weighted by molar-refractivity contribution is 9.10. The SMILES string of the molecule is O=C(O)CCN1C(=O)C(=C2C(=O)N(CC(=O)Nc3cccc(Br)c3)c3ccccc32)SC1=S. The minimum absolute atomic E-state index is 0.0780. The van der Waals surface area contributed by atoms with Gasteiger partial charge < -0.3 is 10.4 Å². The molecule has 2 aromatic carbocycles. The molecule has 0 bridgehead atoms. The van der Waals surface area contributed by atoms with E-state index in [0.717, 1.165) is 16.2 Å². The zero-order chi connectivity index (χ0) is 23.7. The summed E-state index contributed by atoms with van der Waals surface area (Å²) in [5, 5.41) is 11.7. The van der Waals surface area contributed by atoms with Gasteiger partial charge in [-0.3, -0.25) is 29.0 Å². The molecule has 1 fully saturated rings. The van der Waals surface area contributed by atoms with Gasteiger partial charge >= 0.3 is 5.97 Å². The van der Waals surface area contributed by atoms with Crippen molar-refractivity contribution in [3.63, 3.8) is 0 Å². The van der Waals surface area contributed by atoms with Gasteiger partial charge in [-0.25, -0.2) is 0 Å². The number of carbonyl (C=O) groups excluding carboxylic acids is 3. The van der Waals surface area contributed by atoms with Crippen molar-refractivity contribution in [2.24, 2.45) is 0 Å². The van der Waals surface area contributed by atoms with Gasteiger partial charge in [0.1, 0.15) is 10.9 Å². The van der Waals surface area contributed by atoms with Gasteiger partial charge in [0.25, 0.3) is 11.8 Å². The Hall–Kier alpha value is -3.02. The molecule has 0 aromatic heterocycles. The Labute approximate surface area is 206 Å². The van der Waals surface area contributed by atoms with Crippen LogP contribution in [-0.4, -0.2) is 51.1 Å². The highest BCUT2D eigenvalue weighted by Gasteiger charge is 2.42. The lowest BCUT2D eigenvalue weighted by atomic mass is 10.1. The molecule has 4 rings (SSSR count). The van der Waals surface area contributed by atoms with Crippen LogP contribution in [0.25, 0.3) is 5.57 Å². The summed E-state index contributed by atoms with van der Waals surface area (Å²) in [5.74, 6) is -2.45. The summed E-state index contributed by atoms with van der Waals surface area (Å²) in [6.45, 7) is -0.323. The zero-order valence-corrected chi connectivity index (χ0v) is 20.1. The molecule has 0 atom stereocenters. The van der Waals surface area contributed by atoms with E-state index in [1.165, 1.54) is 9.80 Å².